The summed E-state index contributed by atoms with van der Waals surface area (Å²) in [7, 11) is -3.44. The van der Waals surface area contributed by atoms with E-state index in [2.05, 4.69) is 17.6 Å². The summed E-state index contributed by atoms with van der Waals surface area (Å²) >= 11 is 1.81. The van der Waals surface area contributed by atoms with Gasteiger partial charge in [0.15, 0.2) is 6.04 Å². The number of nitrogens with two attached hydrogens (primary N) is 1. The van der Waals surface area contributed by atoms with Gasteiger partial charge in [-0.3, -0.25) is 4.79 Å². The highest BCUT2D eigenvalue weighted by Crippen LogP contribution is 2.35. The van der Waals surface area contributed by atoms with Gasteiger partial charge >= 0.3 is 0 Å². The van der Waals surface area contributed by atoms with E-state index in [0.29, 0.717) is 18.0 Å². The molecule has 2 saturated heterocycles. The SMILES string of the molecule is CC[C@@H](C)NC(=O)[C@@H]1CSC2(CCN(S(=O)(=O)c3ccc(C)cc3)CC2)[NH2+]1. The fourth-order valence-corrected chi connectivity index (χ4v) is 6.53. The van der Waals surface area contributed by atoms with Crippen LogP contribution < -0.4 is 10.6 Å². The second kappa shape index (κ2) is 8.11. The first kappa shape index (κ1) is 20.6. The molecule has 0 radical (unpaired) electrons. The molecular weight excluding hydrogens is 382 g/mol. The predicted octanol–water partition coefficient (Wildman–Crippen LogP) is 1.07. The number of thioether (sulfide) groups is 1. The van der Waals surface area contributed by atoms with Crippen LogP contribution in [0.1, 0.15) is 38.7 Å². The van der Waals surface area contributed by atoms with Crippen LogP contribution in [0, 0.1) is 6.92 Å². The van der Waals surface area contributed by atoms with Crippen molar-refractivity contribution in [3.63, 3.8) is 0 Å². The Kier molecular flexibility index (Phi) is 6.20. The average molecular weight is 413 g/mol. The zero-order valence-corrected chi connectivity index (χ0v) is 17.9. The number of carbonyl (C=O) groups excluding carboxylic acids is 1. The van der Waals surface area contributed by atoms with Crippen LogP contribution in [0.3, 0.4) is 0 Å². The van der Waals surface area contributed by atoms with Crippen LogP contribution in [0.15, 0.2) is 29.2 Å². The van der Waals surface area contributed by atoms with Crippen molar-refractivity contribution in [1.82, 2.24) is 9.62 Å². The van der Waals surface area contributed by atoms with E-state index in [-0.39, 0.29) is 22.9 Å². The van der Waals surface area contributed by atoms with Crippen molar-refractivity contribution in [3.05, 3.63) is 29.8 Å². The highest BCUT2D eigenvalue weighted by Gasteiger charge is 2.49. The topological polar surface area (TPSA) is 83.1 Å². The lowest BCUT2D eigenvalue weighted by molar-refractivity contribution is -0.714. The number of sulfonamides is 1. The zero-order chi connectivity index (χ0) is 19.7. The Bertz CT molecular complexity index is 772. The van der Waals surface area contributed by atoms with E-state index in [9.17, 15) is 13.2 Å². The first-order chi connectivity index (χ1) is 12.8. The Morgan fingerprint density at radius 2 is 1.96 bits per heavy atom. The molecule has 0 bridgehead atoms. The van der Waals surface area contributed by atoms with E-state index < -0.39 is 10.0 Å². The quantitative estimate of drug-likeness (QED) is 0.758. The van der Waals surface area contributed by atoms with Gasteiger partial charge < -0.3 is 10.6 Å². The van der Waals surface area contributed by atoms with Gasteiger partial charge in [-0.25, -0.2) is 8.42 Å². The van der Waals surface area contributed by atoms with E-state index in [4.69, 9.17) is 0 Å². The van der Waals surface area contributed by atoms with Gasteiger partial charge in [0.25, 0.3) is 5.91 Å². The summed E-state index contributed by atoms with van der Waals surface area (Å²) in [6.45, 7) is 7.02. The molecule has 1 spiro atoms. The molecule has 1 aromatic rings. The molecule has 8 heteroatoms. The molecule has 3 rings (SSSR count). The minimum atomic E-state index is -3.44. The van der Waals surface area contributed by atoms with Crippen molar-refractivity contribution in [1.29, 1.82) is 0 Å². The summed E-state index contributed by atoms with van der Waals surface area (Å²) in [6.07, 6.45) is 2.44. The lowest BCUT2D eigenvalue weighted by Gasteiger charge is -2.35. The normalized spacial score (nSPS) is 24.0. The third-order valence-electron chi connectivity index (χ3n) is 5.62. The minimum Gasteiger partial charge on any atom is -0.348 e. The second-order valence-electron chi connectivity index (χ2n) is 7.68. The summed E-state index contributed by atoms with van der Waals surface area (Å²) in [4.78, 5) is 12.7. The van der Waals surface area contributed by atoms with Crippen molar-refractivity contribution in [3.8, 4) is 0 Å². The van der Waals surface area contributed by atoms with Crippen LogP contribution >= 0.6 is 11.8 Å². The third-order valence-corrected chi connectivity index (χ3v) is 9.18. The number of hydrogen-bond acceptors (Lipinski definition) is 4. The van der Waals surface area contributed by atoms with Crippen molar-refractivity contribution >= 4 is 27.7 Å². The number of nitrogens with zero attached hydrogens (tertiary/aromatic N) is 1. The van der Waals surface area contributed by atoms with E-state index in [1.807, 2.05) is 37.7 Å². The summed E-state index contributed by atoms with van der Waals surface area (Å²) in [5, 5.41) is 5.23. The summed E-state index contributed by atoms with van der Waals surface area (Å²) in [5.41, 5.74) is 1.05. The maximum absolute atomic E-state index is 12.9. The number of hydrogen-bond donors (Lipinski definition) is 2. The summed E-state index contributed by atoms with van der Waals surface area (Å²) < 4.78 is 27.3. The standard InChI is InChI=1S/C19H29N3O3S2/c1-4-15(3)20-18(23)17-13-26-19(21-17)9-11-22(12-10-19)27(24,25)16-7-5-14(2)6-8-16/h5-8,15,17,21H,4,9-13H2,1-3H3,(H,20,23)/p+1/t15-,17+/m1/s1. The third kappa shape index (κ3) is 4.50. The number of quaternary nitrogens is 1. The van der Waals surface area contributed by atoms with E-state index >= 15 is 0 Å². The smallest absolute Gasteiger partial charge is 0.279 e. The molecule has 2 fully saturated rings. The number of piperidine rings is 1. The van der Waals surface area contributed by atoms with Gasteiger partial charge in [-0.05, 0) is 32.4 Å². The Morgan fingerprint density at radius 3 is 2.56 bits per heavy atom. The van der Waals surface area contributed by atoms with E-state index in [1.54, 1.807) is 16.4 Å². The maximum atomic E-state index is 12.9. The molecule has 6 nitrogen and oxygen atoms in total. The lowest BCUT2D eigenvalue weighted by atomic mass is 10.0. The average Bonchev–Trinajstić information content (AvgIpc) is 3.06. The van der Waals surface area contributed by atoms with Crippen molar-refractivity contribution < 1.29 is 18.5 Å². The number of aryl methyl sites for hydroxylation is 1. The van der Waals surface area contributed by atoms with Gasteiger partial charge in [-0.15, -0.1) is 0 Å². The Balaban J connectivity index is 1.60. The molecule has 0 saturated carbocycles. The highest BCUT2D eigenvalue weighted by atomic mass is 32.2. The number of carbonyl (C=O) groups is 1. The first-order valence-corrected chi connectivity index (χ1v) is 12.1. The van der Waals surface area contributed by atoms with Crippen LogP contribution in [0.4, 0.5) is 0 Å². The van der Waals surface area contributed by atoms with Crippen LogP contribution in [0.5, 0.6) is 0 Å². The van der Waals surface area contributed by atoms with Gasteiger partial charge in [0, 0.05) is 32.0 Å². The van der Waals surface area contributed by atoms with E-state index in [0.717, 1.165) is 30.6 Å². The van der Waals surface area contributed by atoms with Crippen molar-refractivity contribution in [2.45, 2.75) is 61.9 Å². The van der Waals surface area contributed by atoms with Crippen LogP contribution in [-0.2, 0) is 14.8 Å². The van der Waals surface area contributed by atoms with Gasteiger partial charge in [-0.2, -0.15) is 4.31 Å². The fourth-order valence-electron chi connectivity index (χ4n) is 3.60. The molecular formula is C19H30N3O3S2+. The molecule has 2 aliphatic heterocycles. The summed E-state index contributed by atoms with van der Waals surface area (Å²) in [5.74, 6) is 0.885. The van der Waals surface area contributed by atoms with Gasteiger partial charge in [0.05, 0.1) is 10.6 Å². The summed E-state index contributed by atoms with van der Waals surface area (Å²) in [6, 6.07) is 7.14. The second-order valence-corrected chi connectivity index (χ2v) is 11.1. The first-order valence-electron chi connectivity index (χ1n) is 9.63. The maximum Gasteiger partial charge on any atom is 0.279 e. The lowest BCUT2D eigenvalue weighted by Crippen LogP contribution is -3.00. The van der Waals surface area contributed by atoms with Crippen LogP contribution in [0.2, 0.25) is 0 Å². The predicted molar refractivity (Wildman–Crippen MR) is 108 cm³/mol. The number of rotatable bonds is 5. The molecule has 150 valence electrons. The van der Waals surface area contributed by atoms with Crippen LogP contribution in [0.25, 0.3) is 0 Å². The Hall–Kier alpha value is -1.09. The molecule has 0 unspecified atom stereocenters. The van der Waals surface area contributed by atoms with Gasteiger partial charge in [0.2, 0.25) is 10.0 Å². The minimum absolute atomic E-state index is 0.0727. The molecule has 2 atom stereocenters. The molecule has 1 amide bonds. The molecule has 2 heterocycles. The Labute approximate surface area is 166 Å². The van der Waals surface area contributed by atoms with Crippen LogP contribution in [-0.4, -0.2) is 54.4 Å². The highest BCUT2D eigenvalue weighted by molar-refractivity contribution is 8.00. The Morgan fingerprint density at radius 1 is 1.33 bits per heavy atom. The number of amides is 1. The molecule has 3 N–H and O–H groups in total. The van der Waals surface area contributed by atoms with Gasteiger partial charge in [-0.1, -0.05) is 36.4 Å². The molecule has 1 aromatic carbocycles. The largest absolute Gasteiger partial charge is 0.348 e. The molecule has 0 aromatic heterocycles. The molecule has 2 aliphatic rings. The van der Waals surface area contributed by atoms with E-state index in [1.165, 1.54) is 0 Å². The molecule has 27 heavy (non-hydrogen) atoms. The number of nitrogens with one attached hydrogen (secondary N) is 1. The monoisotopic (exact) mass is 412 g/mol. The van der Waals surface area contributed by atoms with Crippen molar-refractivity contribution in [2.75, 3.05) is 18.8 Å². The van der Waals surface area contributed by atoms with Gasteiger partial charge in [0.1, 0.15) is 4.87 Å². The molecule has 0 aliphatic carbocycles. The number of benzene rings is 1. The fraction of sp³-hybridized carbons (Fsp3) is 0.632. The van der Waals surface area contributed by atoms with Crippen molar-refractivity contribution in [2.24, 2.45) is 0 Å². The zero-order valence-electron chi connectivity index (χ0n) is 16.3.